The van der Waals surface area contributed by atoms with E-state index in [1.54, 1.807) is 0 Å². The molecule has 1 unspecified atom stereocenters. The van der Waals surface area contributed by atoms with Crippen molar-refractivity contribution in [2.24, 2.45) is 17.3 Å². The second-order valence-corrected chi connectivity index (χ2v) is 6.86. The first kappa shape index (κ1) is 16.0. The molecule has 0 heterocycles. The third kappa shape index (κ3) is 2.72. The van der Waals surface area contributed by atoms with E-state index in [9.17, 15) is 10.4 Å². The van der Waals surface area contributed by atoms with E-state index in [4.69, 9.17) is 0 Å². The molecule has 2 rings (SSSR count). The van der Waals surface area contributed by atoms with Crippen molar-refractivity contribution < 1.29 is 5.11 Å². The average Bonchev–Trinajstić information content (AvgIpc) is 2.54. The minimum absolute atomic E-state index is 0.580. The van der Waals surface area contributed by atoms with Gasteiger partial charge in [0.2, 0.25) is 0 Å². The van der Waals surface area contributed by atoms with Gasteiger partial charge in [-0.05, 0) is 49.5 Å². The molecule has 0 bridgehead atoms. The van der Waals surface area contributed by atoms with Gasteiger partial charge in [0.25, 0.3) is 0 Å². The van der Waals surface area contributed by atoms with E-state index < -0.39 is 11.0 Å². The van der Waals surface area contributed by atoms with Crippen molar-refractivity contribution in [2.45, 2.75) is 58.5 Å². The van der Waals surface area contributed by atoms with Gasteiger partial charge in [0, 0.05) is 0 Å². The fraction of sp³-hybridized carbons (Fsp3) is 0.632. The fourth-order valence-corrected chi connectivity index (χ4v) is 3.95. The van der Waals surface area contributed by atoms with Crippen molar-refractivity contribution in [3.63, 3.8) is 0 Å². The molecule has 1 aliphatic carbocycles. The molecule has 1 aromatic carbocycles. The van der Waals surface area contributed by atoms with E-state index >= 15 is 0 Å². The summed E-state index contributed by atoms with van der Waals surface area (Å²) in [6, 6.07) is 12.3. The molecule has 1 N–H and O–H groups in total. The van der Waals surface area contributed by atoms with Crippen LogP contribution >= 0.6 is 0 Å². The van der Waals surface area contributed by atoms with Crippen LogP contribution in [0.1, 0.15) is 58.4 Å². The van der Waals surface area contributed by atoms with Crippen molar-refractivity contribution >= 4 is 0 Å². The molecule has 0 aliphatic heterocycles. The number of rotatable bonds is 4. The topological polar surface area (TPSA) is 44.0 Å². The lowest BCUT2D eigenvalue weighted by molar-refractivity contribution is -0.0898. The largest absolute Gasteiger partial charge is 0.383 e. The van der Waals surface area contributed by atoms with E-state index in [-0.39, 0.29) is 0 Å². The van der Waals surface area contributed by atoms with E-state index in [0.717, 1.165) is 31.2 Å². The molecule has 0 radical (unpaired) electrons. The highest BCUT2D eigenvalue weighted by Crippen LogP contribution is 2.53. The molecule has 114 valence electrons. The Labute approximate surface area is 128 Å². The van der Waals surface area contributed by atoms with Gasteiger partial charge in [0.1, 0.15) is 5.60 Å². The van der Waals surface area contributed by atoms with Crippen LogP contribution in [0.15, 0.2) is 30.3 Å². The van der Waals surface area contributed by atoms with Crippen molar-refractivity contribution in [2.75, 3.05) is 0 Å². The van der Waals surface area contributed by atoms with Gasteiger partial charge in [0.05, 0.1) is 11.5 Å². The maximum absolute atomic E-state index is 11.4. The predicted molar refractivity (Wildman–Crippen MR) is 85.5 cm³/mol. The molecule has 1 saturated carbocycles. The smallest absolute Gasteiger partial charge is 0.108 e. The number of nitriles is 1. The lowest BCUT2D eigenvalue weighted by Gasteiger charge is -2.47. The Morgan fingerprint density at radius 3 is 2.29 bits per heavy atom. The molecule has 2 nitrogen and oxygen atoms in total. The highest BCUT2D eigenvalue weighted by atomic mass is 16.3. The van der Waals surface area contributed by atoms with E-state index in [1.807, 2.05) is 37.3 Å². The van der Waals surface area contributed by atoms with Crippen LogP contribution in [0.2, 0.25) is 0 Å². The van der Waals surface area contributed by atoms with Gasteiger partial charge >= 0.3 is 0 Å². The van der Waals surface area contributed by atoms with Gasteiger partial charge in [-0.15, -0.1) is 0 Å². The molecule has 1 fully saturated rings. The highest BCUT2D eigenvalue weighted by Gasteiger charge is 2.52. The predicted octanol–water partition coefficient (Wildman–Crippen LogP) is 4.64. The maximum atomic E-state index is 11.4. The second kappa shape index (κ2) is 6.20. The number of benzene rings is 1. The Morgan fingerprint density at radius 2 is 1.86 bits per heavy atom. The zero-order valence-electron chi connectivity index (χ0n) is 13.5. The summed E-state index contributed by atoms with van der Waals surface area (Å²) < 4.78 is 0. The molecule has 0 saturated heterocycles. The van der Waals surface area contributed by atoms with Crippen LogP contribution in [-0.2, 0) is 5.60 Å². The Morgan fingerprint density at radius 1 is 1.29 bits per heavy atom. The van der Waals surface area contributed by atoms with Crippen molar-refractivity contribution in [3.8, 4) is 6.07 Å². The third-order valence-corrected chi connectivity index (χ3v) is 5.60. The summed E-state index contributed by atoms with van der Waals surface area (Å²) in [5, 5.41) is 21.3. The molecule has 1 atom stereocenters. The zero-order chi connectivity index (χ0) is 15.5. The molecule has 1 aromatic rings. The Balaban J connectivity index is 2.34. The van der Waals surface area contributed by atoms with Gasteiger partial charge in [0.15, 0.2) is 0 Å². The van der Waals surface area contributed by atoms with Crippen molar-refractivity contribution in [1.29, 1.82) is 5.26 Å². The summed E-state index contributed by atoms with van der Waals surface area (Å²) in [5.41, 5.74) is -0.795. The number of nitrogens with zero attached hydrogens (tertiary/aromatic N) is 1. The minimum atomic E-state index is -1.04. The fourth-order valence-electron chi connectivity index (χ4n) is 3.95. The van der Waals surface area contributed by atoms with Crippen LogP contribution in [0.5, 0.6) is 0 Å². The molecule has 0 amide bonds. The highest BCUT2D eigenvalue weighted by molar-refractivity contribution is 5.29. The third-order valence-electron chi connectivity index (χ3n) is 5.60. The summed E-state index contributed by atoms with van der Waals surface area (Å²) in [7, 11) is 0. The number of hydrogen-bond donors (Lipinski definition) is 1. The summed E-state index contributed by atoms with van der Waals surface area (Å²) in [6.07, 6.45) is 4.26. The first-order chi connectivity index (χ1) is 9.99. The summed E-state index contributed by atoms with van der Waals surface area (Å²) >= 11 is 0. The van der Waals surface area contributed by atoms with Crippen molar-refractivity contribution in [3.05, 3.63) is 35.9 Å². The summed E-state index contributed by atoms with van der Waals surface area (Å²) in [6.45, 7) is 6.50. The van der Waals surface area contributed by atoms with Crippen LogP contribution < -0.4 is 0 Å². The maximum Gasteiger partial charge on any atom is 0.108 e. The Hall–Kier alpha value is -1.33. The SMILES string of the molecule is CCC(O)(c1ccccc1)C1(C#N)CCC(C(C)C)CC1. The molecular formula is C19H27NO. The molecular weight excluding hydrogens is 258 g/mol. The molecule has 2 heteroatoms. The van der Waals surface area contributed by atoms with Gasteiger partial charge < -0.3 is 5.11 Å². The average molecular weight is 285 g/mol. The lowest BCUT2D eigenvalue weighted by Crippen LogP contribution is -2.47. The summed E-state index contributed by atoms with van der Waals surface area (Å²) in [5.74, 6) is 1.34. The van der Waals surface area contributed by atoms with Gasteiger partial charge in [-0.1, -0.05) is 51.1 Å². The van der Waals surface area contributed by atoms with Crippen LogP contribution in [0.3, 0.4) is 0 Å². The normalized spacial score (nSPS) is 28.9. The summed E-state index contributed by atoms with van der Waals surface area (Å²) in [4.78, 5) is 0. The quantitative estimate of drug-likeness (QED) is 0.875. The van der Waals surface area contributed by atoms with Gasteiger partial charge in [-0.3, -0.25) is 0 Å². The number of aliphatic hydroxyl groups is 1. The molecule has 1 aliphatic rings. The first-order valence-corrected chi connectivity index (χ1v) is 8.18. The lowest BCUT2D eigenvalue weighted by atomic mass is 9.58. The van der Waals surface area contributed by atoms with Crippen LogP contribution in [0.4, 0.5) is 0 Å². The second-order valence-electron chi connectivity index (χ2n) is 6.86. The first-order valence-electron chi connectivity index (χ1n) is 8.18. The molecule has 0 spiro atoms. The monoisotopic (exact) mass is 285 g/mol. The number of hydrogen-bond acceptors (Lipinski definition) is 2. The van der Waals surface area contributed by atoms with Crippen LogP contribution in [0, 0.1) is 28.6 Å². The van der Waals surface area contributed by atoms with E-state index in [1.165, 1.54) is 0 Å². The van der Waals surface area contributed by atoms with E-state index in [0.29, 0.717) is 18.3 Å². The van der Waals surface area contributed by atoms with Crippen LogP contribution in [-0.4, -0.2) is 5.11 Å². The molecule has 21 heavy (non-hydrogen) atoms. The standard InChI is InChI=1S/C19H27NO/c1-4-19(21,17-8-6-5-7-9-17)18(14-20)12-10-16(11-13-18)15(2)3/h5-9,15-16,21H,4,10-13H2,1-3H3. The van der Waals surface area contributed by atoms with Crippen LogP contribution in [0.25, 0.3) is 0 Å². The van der Waals surface area contributed by atoms with Gasteiger partial charge in [-0.2, -0.15) is 5.26 Å². The zero-order valence-corrected chi connectivity index (χ0v) is 13.5. The molecule has 0 aromatic heterocycles. The minimum Gasteiger partial charge on any atom is -0.383 e. The Kier molecular flexibility index (Phi) is 4.74. The van der Waals surface area contributed by atoms with E-state index in [2.05, 4.69) is 19.9 Å². The van der Waals surface area contributed by atoms with Gasteiger partial charge in [-0.25, -0.2) is 0 Å². The van der Waals surface area contributed by atoms with Crippen molar-refractivity contribution in [1.82, 2.24) is 0 Å². The Bertz CT molecular complexity index is 494.